The summed E-state index contributed by atoms with van der Waals surface area (Å²) >= 11 is 0. The molecule has 2 rings (SSSR count). The lowest BCUT2D eigenvalue weighted by Gasteiger charge is -2.32. The van der Waals surface area contributed by atoms with Crippen LogP contribution in [0.1, 0.15) is 53.4 Å². The maximum Gasteiger partial charge on any atom is 0.490 e. The number of rotatable bonds is 5. The first-order chi connectivity index (χ1) is 9.71. The van der Waals surface area contributed by atoms with E-state index in [1.807, 2.05) is 0 Å². The lowest BCUT2D eigenvalue weighted by molar-refractivity contribution is 0.00578. The van der Waals surface area contributed by atoms with E-state index in [0.717, 1.165) is 25.7 Å². The molecule has 21 heavy (non-hydrogen) atoms. The van der Waals surface area contributed by atoms with Crippen molar-refractivity contribution >= 4 is 15.4 Å². The summed E-state index contributed by atoms with van der Waals surface area (Å²) in [6, 6.07) is 0. The van der Waals surface area contributed by atoms with Gasteiger partial charge in [0.1, 0.15) is 0 Å². The Morgan fingerprint density at radius 2 is 2.00 bits per heavy atom. The first-order valence-electron chi connectivity index (χ1n) is 7.61. The molecule has 1 saturated heterocycles. The van der Waals surface area contributed by atoms with Crippen LogP contribution >= 0.6 is 8.25 Å². The lowest BCUT2D eigenvalue weighted by atomic mass is 9.70. The van der Waals surface area contributed by atoms with Crippen molar-refractivity contribution < 1.29 is 23.3 Å². The van der Waals surface area contributed by atoms with Gasteiger partial charge in [-0.25, -0.2) is 0 Å². The molecule has 0 saturated carbocycles. The molecule has 0 amide bonds. The molecule has 120 valence electrons. The van der Waals surface area contributed by atoms with Gasteiger partial charge in [-0.3, -0.25) is 4.57 Å². The van der Waals surface area contributed by atoms with E-state index in [1.165, 1.54) is 5.47 Å². The SMILES string of the molecule is CC1(C)OB(C2=CCC(CCO[PH](=O)O)CC2)OC1(C)C. The van der Waals surface area contributed by atoms with Gasteiger partial charge in [-0.15, -0.1) is 0 Å². The maximum absolute atomic E-state index is 10.5. The van der Waals surface area contributed by atoms with Gasteiger partial charge in [-0.1, -0.05) is 6.08 Å². The van der Waals surface area contributed by atoms with Gasteiger partial charge in [0.15, 0.2) is 0 Å². The predicted molar refractivity (Wildman–Crippen MR) is 83.3 cm³/mol. The second kappa shape index (κ2) is 6.55. The van der Waals surface area contributed by atoms with Gasteiger partial charge in [0.25, 0.3) is 0 Å². The molecule has 0 radical (unpaired) electrons. The summed E-state index contributed by atoms with van der Waals surface area (Å²) in [5, 5.41) is 0. The molecule has 7 heteroatoms. The quantitative estimate of drug-likeness (QED) is 0.623. The molecule has 1 aliphatic heterocycles. The molecule has 1 aliphatic carbocycles. The Bertz CT molecular complexity index is 419. The smallest absolute Gasteiger partial charge is 0.400 e. The highest BCUT2D eigenvalue weighted by atomic mass is 31.1. The second-order valence-corrected chi connectivity index (χ2v) is 7.73. The first kappa shape index (κ1) is 17.2. The van der Waals surface area contributed by atoms with Gasteiger partial charge in [0.2, 0.25) is 0 Å². The molecular formula is C14H26BO5P. The van der Waals surface area contributed by atoms with E-state index in [4.69, 9.17) is 18.7 Å². The first-order valence-corrected chi connectivity index (χ1v) is 8.88. The van der Waals surface area contributed by atoms with E-state index in [2.05, 4.69) is 33.8 Å². The van der Waals surface area contributed by atoms with E-state index in [9.17, 15) is 4.57 Å². The molecule has 0 aromatic heterocycles. The summed E-state index contributed by atoms with van der Waals surface area (Å²) in [4.78, 5) is 8.64. The normalized spacial score (nSPS) is 29.3. The van der Waals surface area contributed by atoms with Crippen molar-refractivity contribution in [2.45, 2.75) is 64.6 Å². The van der Waals surface area contributed by atoms with Crippen LogP contribution in [0.25, 0.3) is 0 Å². The second-order valence-electron chi connectivity index (χ2n) is 6.91. The van der Waals surface area contributed by atoms with Crippen LogP contribution in [0, 0.1) is 5.92 Å². The van der Waals surface area contributed by atoms with Crippen LogP contribution in [0.15, 0.2) is 11.5 Å². The highest BCUT2D eigenvalue weighted by Gasteiger charge is 2.52. The molecule has 0 spiro atoms. The Morgan fingerprint density at radius 3 is 2.48 bits per heavy atom. The number of hydrogen-bond donors (Lipinski definition) is 1. The van der Waals surface area contributed by atoms with Crippen molar-refractivity contribution in [3.05, 3.63) is 11.5 Å². The fourth-order valence-corrected chi connectivity index (χ4v) is 2.98. The third-order valence-corrected chi connectivity index (χ3v) is 5.31. The molecule has 0 aromatic carbocycles. The molecule has 0 aromatic rings. The van der Waals surface area contributed by atoms with Crippen molar-refractivity contribution in [2.24, 2.45) is 5.92 Å². The minimum absolute atomic E-state index is 0.235. The molecule has 2 atom stereocenters. The van der Waals surface area contributed by atoms with E-state index < -0.39 is 8.25 Å². The van der Waals surface area contributed by atoms with Crippen LogP contribution in [0.4, 0.5) is 0 Å². The van der Waals surface area contributed by atoms with Gasteiger partial charge in [-0.05, 0) is 64.8 Å². The summed E-state index contributed by atoms with van der Waals surface area (Å²) in [5.74, 6) is 0.512. The molecule has 0 bridgehead atoms. The van der Waals surface area contributed by atoms with Crippen LogP contribution in [-0.2, 0) is 18.4 Å². The summed E-state index contributed by atoms with van der Waals surface area (Å²) in [5.41, 5.74) is 0.634. The van der Waals surface area contributed by atoms with Crippen LogP contribution in [-0.4, -0.2) is 29.8 Å². The van der Waals surface area contributed by atoms with Gasteiger partial charge in [0.05, 0.1) is 17.8 Å². The Morgan fingerprint density at radius 1 is 1.38 bits per heavy atom. The monoisotopic (exact) mass is 316 g/mol. The Kier molecular flexibility index (Phi) is 5.38. The van der Waals surface area contributed by atoms with E-state index >= 15 is 0 Å². The van der Waals surface area contributed by atoms with Crippen molar-refractivity contribution in [3.63, 3.8) is 0 Å². The standard InChI is InChI=1S/C14H26BO5P/c1-13(2)14(3,4)20-15(19-13)12-7-5-11(6-8-12)9-10-18-21(16)17/h7,11,21H,5-6,8-10H2,1-4H3,(H,16,17). The zero-order valence-corrected chi connectivity index (χ0v) is 14.3. The Labute approximate surface area is 128 Å². The molecule has 2 unspecified atom stereocenters. The predicted octanol–water partition coefficient (Wildman–Crippen LogP) is 3.13. The third kappa shape index (κ3) is 4.20. The van der Waals surface area contributed by atoms with Crippen LogP contribution in [0.2, 0.25) is 0 Å². The maximum atomic E-state index is 10.5. The number of hydrogen-bond acceptors (Lipinski definition) is 4. The van der Waals surface area contributed by atoms with Crippen LogP contribution in [0.5, 0.6) is 0 Å². The molecule has 1 fully saturated rings. The van der Waals surface area contributed by atoms with E-state index in [-0.39, 0.29) is 18.3 Å². The third-order valence-electron chi connectivity index (χ3n) is 4.86. The lowest BCUT2D eigenvalue weighted by Crippen LogP contribution is -2.41. The van der Waals surface area contributed by atoms with Crippen LogP contribution < -0.4 is 0 Å². The minimum atomic E-state index is -2.79. The van der Waals surface area contributed by atoms with Crippen molar-refractivity contribution in [3.8, 4) is 0 Å². The highest BCUT2D eigenvalue weighted by Crippen LogP contribution is 2.40. The highest BCUT2D eigenvalue weighted by molar-refractivity contribution is 7.32. The van der Waals surface area contributed by atoms with Gasteiger partial charge >= 0.3 is 15.4 Å². The molecule has 5 nitrogen and oxygen atoms in total. The van der Waals surface area contributed by atoms with Crippen molar-refractivity contribution in [1.82, 2.24) is 0 Å². The average Bonchev–Trinajstić information content (AvgIpc) is 2.59. The topological polar surface area (TPSA) is 65.0 Å². The summed E-state index contributed by atoms with van der Waals surface area (Å²) < 4.78 is 27.4. The van der Waals surface area contributed by atoms with Crippen LogP contribution in [0.3, 0.4) is 0 Å². The van der Waals surface area contributed by atoms with Crippen molar-refractivity contribution in [2.75, 3.05) is 6.61 Å². The zero-order valence-electron chi connectivity index (χ0n) is 13.3. The summed E-state index contributed by atoms with van der Waals surface area (Å²) in [7, 11) is -3.02. The molecule has 1 heterocycles. The average molecular weight is 316 g/mol. The van der Waals surface area contributed by atoms with E-state index in [1.54, 1.807) is 0 Å². The van der Waals surface area contributed by atoms with Gasteiger partial charge in [-0.2, -0.15) is 0 Å². The fraction of sp³-hybridized carbons (Fsp3) is 0.857. The Hall–Kier alpha value is -0.125. The summed E-state index contributed by atoms with van der Waals surface area (Å²) in [6.45, 7) is 8.61. The molecule has 2 aliphatic rings. The van der Waals surface area contributed by atoms with Crippen molar-refractivity contribution in [1.29, 1.82) is 0 Å². The van der Waals surface area contributed by atoms with E-state index in [0.29, 0.717) is 12.5 Å². The number of allylic oxidation sites excluding steroid dienone is 2. The van der Waals surface area contributed by atoms with Gasteiger partial charge in [0, 0.05) is 0 Å². The largest absolute Gasteiger partial charge is 0.490 e. The minimum Gasteiger partial charge on any atom is -0.400 e. The van der Waals surface area contributed by atoms with Gasteiger partial charge < -0.3 is 18.7 Å². The Balaban J connectivity index is 1.85. The molecular weight excluding hydrogens is 290 g/mol. The molecule has 1 N–H and O–H groups in total. The summed E-state index contributed by atoms with van der Waals surface area (Å²) in [6.07, 6.45) is 5.99. The zero-order chi connectivity index (χ0) is 15.7. The fourth-order valence-electron chi connectivity index (χ4n) is 2.69.